The molecule has 1 aliphatic heterocycles. The van der Waals surface area contributed by atoms with Gasteiger partial charge in [-0.05, 0) is 24.3 Å². The minimum atomic E-state index is -1.76. The van der Waals surface area contributed by atoms with Crippen molar-refractivity contribution >= 4 is 11.0 Å². The lowest BCUT2D eigenvalue weighted by Crippen LogP contribution is -2.60. The third-order valence-electron chi connectivity index (χ3n) is 5.17. The summed E-state index contributed by atoms with van der Waals surface area (Å²) < 4.78 is 16.3. The van der Waals surface area contributed by atoms with Crippen molar-refractivity contribution in [2.45, 2.75) is 30.7 Å². The molecule has 11 heteroatoms. The molecule has 32 heavy (non-hydrogen) atoms. The molecule has 3 aromatic rings. The van der Waals surface area contributed by atoms with Crippen molar-refractivity contribution in [2.75, 3.05) is 6.61 Å². The maximum absolute atomic E-state index is 12.6. The molecule has 4 rings (SSSR count). The molecule has 0 saturated carbocycles. The van der Waals surface area contributed by atoms with Crippen LogP contribution in [0, 0.1) is 0 Å². The van der Waals surface area contributed by atoms with Gasteiger partial charge < -0.3 is 49.6 Å². The summed E-state index contributed by atoms with van der Waals surface area (Å²) in [6.45, 7) is -0.690. The zero-order chi connectivity index (χ0) is 23.2. The van der Waals surface area contributed by atoms with Gasteiger partial charge in [-0.1, -0.05) is 0 Å². The van der Waals surface area contributed by atoms with E-state index in [1.54, 1.807) is 0 Å². The van der Waals surface area contributed by atoms with E-state index in [2.05, 4.69) is 0 Å². The van der Waals surface area contributed by atoms with Crippen molar-refractivity contribution < 1.29 is 49.6 Å². The van der Waals surface area contributed by atoms with Crippen LogP contribution in [0.2, 0.25) is 0 Å². The molecule has 0 aliphatic carbocycles. The van der Waals surface area contributed by atoms with E-state index in [4.69, 9.17) is 13.9 Å². The van der Waals surface area contributed by atoms with Gasteiger partial charge >= 0.3 is 0 Å². The molecule has 11 nitrogen and oxygen atoms in total. The van der Waals surface area contributed by atoms with Crippen LogP contribution in [0.5, 0.6) is 23.0 Å². The van der Waals surface area contributed by atoms with Gasteiger partial charge in [0.15, 0.2) is 16.9 Å². The lowest BCUT2D eigenvalue weighted by Gasteiger charge is -2.39. The summed E-state index contributed by atoms with van der Waals surface area (Å²) in [6, 6.07) is 7.97. The van der Waals surface area contributed by atoms with E-state index < -0.39 is 60.0 Å². The summed E-state index contributed by atoms with van der Waals surface area (Å²) in [5.74, 6) is -2.03. The van der Waals surface area contributed by atoms with Gasteiger partial charge in [-0.15, -0.1) is 0 Å². The highest BCUT2D eigenvalue weighted by Gasteiger charge is 2.45. The third-order valence-corrected chi connectivity index (χ3v) is 5.17. The first kappa shape index (κ1) is 21.9. The van der Waals surface area contributed by atoms with E-state index in [9.17, 15) is 40.5 Å². The molecule has 0 bridgehead atoms. The summed E-state index contributed by atoms with van der Waals surface area (Å²) in [4.78, 5) is 12.6. The Bertz CT molecular complexity index is 1190. The number of rotatable bonds is 4. The number of aromatic hydroxyl groups is 3. The van der Waals surface area contributed by atoms with Gasteiger partial charge in [0, 0.05) is 17.7 Å². The molecule has 7 N–H and O–H groups in total. The zero-order valence-electron chi connectivity index (χ0n) is 16.3. The molecule has 1 aromatic heterocycles. The quantitative estimate of drug-likeness (QED) is 0.261. The molecule has 1 saturated heterocycles. The predicted octanol–water partition coefficient (Wildman–Crippen LogP) is -0.245. The second-order valence-electron chi connectivity index (χ2n) is 7.28. The van der Waals surface area contributed by atoms with Gasteiger partial charge in [0.2, 0.25) is 12.0 Å². The Balaban J connectivity index is 1.76. The Labute approximate surface area is 179 Å². The summed E-state index contributed by atoms with van der Waals surface area (Å²) in [6.07, 6.45) is -7.99. The number of phenolic OH excluding ortho intramolecular Hbond substituents is 3. The first-order valence-corrected chi connectivity index (χ1v) is 9.50. The number of benzene rings is 2. The van der Waals surface area contributed by atoms with Crippen LogP contribution < -0.4 is 10.2 Å². The van der Waals surface area contributed by atoms with Gasteiger partial charge in [0.05, 0.1) is 6.61 Å². The van der Waals surface area contributed by atoms with Crippen molar-refractivity contribution in [2.24, 2.45) is 0 Å². The van der Waals surface area contributed by atoms with Crippen LogP contribution in [0.15, 0.2) is 45.6 Å². The second-order valence-corrected chi connectivity index (χ2v) is 7.28. The van der Waals surface area contributed by atoms with Crippen molar-refractivity contribution in [1.29, 1.82) is 0 Å². The molecular formula is C21H20O11. The number of hydrogen-bond acceptors (Lipinski definition) is 11. The van der Waals surface area contributed by atoms with Crippen molar-refractivity contribution in [3.8, 4) is 34.3 Å². The second kappa shape index (κ2) is 8.30. The van der Waals surface area contributed by atoms with Gasteiger partial charge in [-0.2, -0.15) is 0 Å². The van der Waals surface area contributed by atoms with Crippen LogP contribution in [-0.2, 0) is 4.74 Å². The van der Waals surface area contributed by atoms with Gasteiger partial charge in [-0.25, -0.2) is 0 Å². The van der Waals surface area contributed by atoms with Crippen LogP contribution in [0.3, 0.4) is 0 Å². The number of fused-ring (bicyclic) bond motifs is 1. The largest absolute Gasteiger partial charge is 0.508 e. The molecular weight excluding hydrogens is 428 g/mol. The molecule has 2 aromatic carbocycles. The van der Waals surface area contributed by atoms with Crippen LogP contribution in [-0.4, -0.2) is 73.1 Å². The Morgan fingerprint density at radius 2 is 1.59 bits per heavy atom. The smallest absolute Gasteiger partial charge is 0.229 e. The number of phenols is 3. The topological polar surface area (TPSA) is 190 Å². The molecule has 2 heterocycles. The van der Waals surface area contributed by atoms with E-state index in [-0.39, 0.29) is 22.5 Å². The molecule has 0 radical (unpaired) electrons. The van der Waals surface area contributed by atoms with Crippen LogP contribution >= 0.6 is 0 Å². The fourth-order valence-electron chi connectivity index (χ4n) is 3.42. The average Bonchev–Trinajstić information content (AvgIpc) is 2.77. The maximum Gasteiger partial charge on any atom is 0.229 e. The average molecular weight is 448 g/mol. The molecule has 1 fully saturated rings. The van der Waals surface area contributed by atoms with Gasteiger partial charge in [-0.3, -0.25) is 4.79 Å². The first-order chi connectivity index (χ1) is 15.2. The molecule has 170 valence electrons. The summed E-state index contributed by atoms with van der Waals surface area (Å²) >= 11 is 0. The number of aliphatic hydroxyl groups is 4. The monoisotopic (exact) mass is 448 g/mol. The minimum absolute atomic E-state index is 0.00895. The van der Waals surface area contributed by atoms with Crippen molar-refractivity contribution in [1.82, 2.24) is 0 Å². The number of ether oxygens (including phenoxy) is 2. The van der Waals surface area contributed by atoms with E-state index in [1.807, 2.05) is 0 Å². The lowest BCUT2D eigenvalue weighted by atomic mass is 9.99. The Morgan fingerprint density at radius 1 is 0.906 bits per heavy atom. The first-order valence-electron chi connectivity index (χ1n) is 9.50. The third kappa shape index (κ3) is 3.72. The molecule has 5 atom stereocenters. The van der Waals surface area contributed by atoms with Crippen LogP contribution in [0.4, 0.5) is 0 Å². The maximum atomic E-state index is 12.6. The number of hydrogen-bond donors (Lipinski definition) is 7. The lowest BCUT2D eigenvalue weighted by molar-refractivity contribution is -0.277. The van der Waals surface area contributed by atoms with E-state index >= 15 is 0 Å². The summed E-state index contributed by atoms with van der Waals surface area (Å²) in [5, 5.41) is 69.0. The normalized spacial score (nSPS) is 25.7. The zero-order valence-corrected chi connectivity index (χ0v) is 16.3. The highest BCUT2D eigenvalue weighted by molar-refractivity contribution is 5.89. The number of aliphatic hydroxyl groups excluding tert-OH is 4. The van der Waals surface area contributed by atoms with E-state index in [1.165, 1.54) is 24.3 Å². The van der Waals surface area contributed by atoms with Gasteiger partial charge in [0.1, 0.15) is 46.9 Å². The van der Waals surface area contributed by atoms with Crippen LogP contribution in [0.25, 0.3) is 22.3 Å². The highest BCUT2D eigenvalue weighted by Crippen LogP contribution is 2.42. The highest BCUT2D eigenvalue weighted by atomic mass is 16.7. The van der Waals surface area contributed by atoms with E-state index in [0.717, 1.165) is 12.1 Å². The fourth-order valence-corrected chi connectivity index (χ4v) is 3.42. The molecule has 0 spiro atoms. The van der Waals surface area contributed by atoms with E-state index in [0.29, 0.717) is 5.56 Å². The predicted molar refractivity (Wildman–Crippen MR) is 107 cm³/mol. The molecule has 0 amide bonds. The summed E-state index contributed by atoms with van der Waals surface area (Å²) in [5.41, 5.74) is -0.386. The minimum Gasteiger partial charge on any atom is -0.508 e. The Morgan fingerprint density at radius 3 is 2.25 bits per heavy atom. The fraction of sp³-hybridized carbons (Fsp3) is 0.286. The summed E-state index contributed by atoms with van der Waals surface area (Å²) in [7, 11) is 0. The van der Waals surface area contributed by atoms with Gasteiger partial charge in [0.25, 0.3) is 0 Å². The standard InChI is InChI=1S/C21H20O11/c22-7-14-17(26)19(28)20(29)21(32-14)31-13-6-12-15(18(27)16(13)25)10(24)5-11(30-12)8-1-3-9(23)4-2-8/h1-6,14,17,19-23,25-29H,7H2/t14-,17-,19+,20-,21?/m1/s1. The Hall–Kier alpha value is -3.35. The molecule has 1 aliphatic rings. The van der Waals surface area contributed by atoms with Crippen molar-refractivity contribution in [3.63, 3.8) is 0 Å². The Kier molecular flexibility index (Phi) is 5.67. The molecule has 1 unspecified atom stereocenters. The van der Waals surface area contributed by atoms with Crippen LogP contribution in [0.1, 0.15) is 0 Å². The SMILES string of the molecule is O=c1cc(-c2ccc(O)cc2)oc2cc(OC3O[C@H](CO)[C@@H](O)[C@H](O)[C@H]3O)c(O)c(O)c12. The van der Waals surface area contributed by atoms with Crippen molar-refractivity contribution in [3.05, 3.63) is 46.6 Å².